The molecule has 2 rings (SSSR count). The molecule has 0 aliphatic heterocycles. The fraction of sp³-hybridized carbons (Fsp3) is 0.667. The van der Waals surface area contributed by atoms with Gasteiger partial charge in [0.1, 0.15) is 0 Å². The zero-order valence-corrected chi connectivity index (χ0v) is 13.4. The molecule has 1 unspecified atom stereocenters. The third kappa shape index (κ3) is 5.68. The Hall–Kier alpha value is -1.06. The van der Waals surface area contributed by atoms with Gasteiger partial charge in [-0.15, -0.1) is 0 Å². The Morgan fingerprint density at radius 3 is 2.38 bits per heavy atom. The van der Waals surface area contributed by atoms with Gasteiger partial charge in [0.25, 0.3) is 0 Å². The van der Waals surface area contributed by atoms with Crippen molar-refractivity contribution in [3.05, 3.63) is 29.8 Å². The maximum Gasteiger partial charge on any atom is 0.0314 e. The molecule has 1 atom stereocenters. The minimum absolute atomic E-state index is 0.620. The third-order valence-electron chi connectivity index (χ3n) is 4.68. The molecule has 1 aromatic carbocycles. The second kappa shape index (κ2) is 9.06. The SMILES string of the molecule is CNCCC(CCNC1CCCCC1)c1ccc(N)cc1. The van der Waals surface area contributed by atoms with E-state index in [0.29, 0.717) is 5.92 Å². The number of nitrogen functional groups attached to an aromatic ring is 1. The van der Waals surface area contributed by atoms with E-state index in [9.17, 15) is 0 Å². The van der Waals surface area contributed by atoms with Crippen molar-refractivity contribution in [2.75, 3.05) is 25.9 Å². The van der Waals surface area contributed by atoms with Gasteiger partial charge in [0, 0.05) is 11.7 Å². The molecule has 0 bridgehead atoms. The summed E-state index contributed by atoms with van der Waals surface area (Å²) in [7, 11) is 2.03. The van der Waals surface area contributed by atoms with E-state index in [1.165, 1.54) is 50.5 Å². The molecule has 0 aromatic heterocycles. The summed E-state index contributed by atoms with van der Waals surface area (Å²) in [6.45, 7) is 2.20. The molecular weight excluding hydrogens is 258 g/mol. The first-order chi connectivity index (χ1) is 10.3. The molecule has 0 heterocycles. The van der Waals surface area contributed by atoms with Gasteiger partial charge in [-0.2, -0.15) is 0 Å². The topological polar surface area (TPSA) is 50.1 Å². The molecule has 1 fully saturated rings. The molecule has 0 spiro atoms. The van der Waals surface area contributed by atoms with E-state index in [0.717, 1.165) is 24.8 Å². The lowest BCUT2D eigenvalue weighted by molar-refractivity contribution is 0.365. The van der Waals surface area contributed by atoms with Crippen LogP contribution in [0.15, 0.2) is 24.3 Å². The summed E-state index contributed by atoms with van der Waals surface area (Å²) in [5.74, 6) is 0.620. The van der Waals surface area contributed by atoms with Crippen molar-refractivity contribution in [2.45, 2.75) is 56.9 Å². The first-order valence-electron chi connectivity index (χ1n) is 8.53. The van der Waals surface area contributed by atoms with Crippen molar-refractivity contribution in [3.8, 4) is 0 Å². The number of anilines is 1. The first-order valence-corrected chi connectivity index (χ1v) is 8.53. The van der Waals surface area contributed by atoms with Gasteiger partial charge < -0.3 is 16.4 Å². The largest absolute Gasteiger partial charge is 0.399 e. The number of benzene rings is 1. The Bertz CT molecular complexity index is 382. The molecule has 21 heavy (non-hydrogen) atoms. The lowest BCUT2D eigenvalue weighted by Crippen LogP contribution is -2.32. The fourth-order valence-electron chi connectivity index (χ4n) is 3.33. The van der Waals surface area contributed by atoms with E-state index < -0.39 is 0 Å². The van der Waals surface area contributed by atoms with Crippen molar-refractivity contribution < 1.29 is 0 Å². The maximum atomic E-state index is 5.80. The highest BCUT2D eigenvalue weighted by Crippen LogP contribution is 2.24. The number of nitrogens with two attached hydrogens (primary N) is 1. The highest BCUT2D eigenvalue weighted by Gasteiger charge is 2.15. The smallest absolute Gasteiger partial charge is 0.0314 e. The predicted molar refractivity (Wildman–Crippen MR) is 91.6 cm³/mol. The van der Waals surface area contributed by atoms with Crippen molar-refractivity contribution >= 4 is 5.69 Å². The lowest BCUT2D eigenvalue weighted by Gasteiger charge is -2.24. The van der Waals surface area contributed by atoms with Crippen LogP contribution in [-0.2, 0) is 0 Å². The Morgan fingerprint density at radius 2 is 1.71 bits per heavy atom. The summed E-state index contributed by atoms with van der Waals surface area (Å²) < 4.78 is 0. The van der Waals surface area contributed by atoms with Gasteiger partial charge >= 0.3 is 0 Å². The Balaban J connectivity index is 1.82. The van der Waals surface area contributed by atoms with Crippen LogP contribution >= 0.6 is 0 Å². The maximum absolute atomic E-state index is 5.80. The van der Waals surface area contributed by atoms with E-state index >= 15 is 0 Å². The van der Waals surface area contributed by atoms with Gasteiger partial charge in [0.15, 0.2) is 0 Å². The van der Waals surface area contributed by atoms with Gasteiger partial charge in [0.05, 0.1) is 0 Å². The summed E-state index contributed by atoms with van der Waals surface area (Å²) in [6.07, 6.45) is 9.35. The van der Waals surface area contributed by atoms with Crippen LogP contribution in [0.1, 0.15) is 56.4 Å². The molecule has 1 saturated carbocycles. The minimum Gasteiger partial charge on any atom is -0.399 e. The monoisotopic (exact) mass is 289 g/mol. The Labute approximate surface area is 129 Å². The van der Waals surface area contributed by atoms with Crippen molar-refractivity contribution in [3.63, 3.8) is 0 Å². The van der Waals surface area contributed by atoms with Crippen LogP contribution in [0.5, 0.6) is 0 Å². The van der Waals surface area contributed by atoms with Crippen LogP contribution in [-0.4, -0.2) is 26.2 Å². The van der Waals surface area contributed by atoms with Crippen molar-refractivity contribution in [2.24, 2.45) is 0 Å². The molecule has 1 aliphatic rings. The van der Waals surface area contributed by atoms with Crippen LogP contribution < -0.4 is 16.4 Å². The highest BCUT2D eigenvalue weighted by molar-refractivity contribution is 5.40. The molecule has 0 radical (unpaired) electrons. The Morgan fingerprint density at radius 1 is 1.05 bits per heavy atom. The zero-order valence-electron chi connectivity index (χ0n) is 13.4. The quantitative estimate of drug-likeness (QED) is 0.644. The molecule has 0 saturated heterocycles. The number of hydrogen-bond acceptors (Lipinski definition) is 3. The summed E-state index contributed by atoms with van der Waals surface area (Å²) in [5.41, 5.74) is 8.07. The van der Waals surface area contributed by atoms with Crippen LogP contribution in [0.2, 0.25) is 0 Å². The number of hydrogen-bond donors (Lipinski definition) is 3. The molecule has 0 amide bonds. The summed E-state index contributed by atoms with van der Waals surface area (Å²) in [5, 5.41) is 7.04. The van der Waals surface area contributed by atoms with E-state index in [-0.39, 0.29) is 0 Å². The molecule has 118 valence electrons. The van der Waals surface area contributed by atoms with Crippen molar-refractivity contribution in [1.82, 2.24) is 10.6 Å². The van der Waals surface area contributed by atoms with Crippen LogP contribution in [0, 0.1) is 0 Å². The molecule has 1 aromatic rings. The fourth-order valence-corrected chi connectivity index (χ4v) is 3.33. The zero-order chi connectivity index (χ0) is 14.9. The Kier molecular flexibility index (Phi) is 7.04. The summed E-state index contributed by atoms with van der Waals surface area (Å²) in [6, 6.07) is 9.19. The van der Waals surface area contributed by atoms with Crippen LogP contribution in [0.3, 0.4) is 0 Å². The molecule has 4 N–H and O–H groups in total. The first kappa shape index (κ1) is 16.3. The van der Waals surface area contributed by atoms with Crippen LogP contribution in [0.25, 0.3) is 0 Å². The molecule has 3 heteroatoms. The van der Waals surface area contributed by atoms with Crippen molar-refractivity contribution in [1.29, 1.82) is 0 Å². The third-order valence-corrected chi connectivity index (χ3v) is 4.68. The lowest BCUT2D eigenvalue weighted by atomic mass is 9.91. The minimum atomic E-state index is 0.620. The van der Waals surface area contributed by atoms with E-state index in [1.807, 2.05) is 19.2 Å². The van der Waals surface area contributed by atoms with E-state index in [4.69, 9.17) is 5.73 Å². The average Bonchev–Trinajstić information content (AvgIpc) is 2.53. The second-order valence-corrected chi connectivity index (χ2v) is 6.33. The normalized spacial score (nSPS) is 17.8. The van der Waals surface area contributed by atoms with Gasteiger partial charge in [-0.25, -0.2) is 0 Å². The average molecular weight is 289 g/mol. The van der Waals surface area contributed by atoms with E-state index in [1.54, 1.807) is 0 Å². The van der Waals surface area contributed by atoms with Gasteiger partial charge in [-0.3, -0.25) is 0 Å². The second-order valence-electron chi connectivity index (χ2n) is 6.33. The number of nitrogens with one attached hydrogen (secondary N) is 2. The standard InChI is InChI=1S/C18H31N3/c1-20-13-11-16(15-7-9-17(19)10-8-15)12-14-21-18-5-3-2-4-6-18/h7-10,16,18,20-21H,2-6,11-14,19H2,1H3. The van der Waals surface area contributed by atoms with Gasteiger partial charge in [0.2, 0.25) is 0 Å². The summed E-state index contributed by atoms with van der Waals surface area (Å²) >= 11 is 0. The molecule has 1 aliphatic carbocycles. The van der Waals surface area contributed by atoms with Crippen LogP contribution in [0.4, 0.5) is 5.69 Å². The summed E-state index contributed by atoms with van der Waals surface area (Å²) in [4.78, 5) is 0. The van der Waals surface area contributed by atoms with Gasteiger partial charge in [-0.1, -0.05) is 31.4 Å². The predicted octanol–water partition coefficient (Wildman–Crippen LogP) is 3.27. The number of rotatable bonds is 8. The van der Waals surface area contributed by atoms with Gasteiger partial charge in [-0.05, 0) is 69.4 Å². The van der Waals surface area contributed by atoms with E-state index in [2.05, 4.69) is 22.8 Å². The molecule has 3 nitrogen and oxygen atoms in total. The highest BCUT2D eigenvalue weighted by atomic mass is 14.9. The molecular formula is C18H31N3.